The second kappa shape index (κ2) is 7.92. The number of nitrogens with one attached hydrogen (secondary N) is 1. The topological polar surface area (TPSA) is 104 Å². The second-order valence-electron chi connectivity index (χ2n) is 7.71. The minimum atomic E-state index is -0.892. The molecule has 0 aliphatic carbocycles. The van der Waals surface area contributed by atoms with Gasteiger partial charge in [0, 0.05) is 36.4 Å². The molecule has 0 radical (unpaired) electrons. The fraction of sp³-hybridized carbons (Fsp3) is 0.450. The minimum absolute atomic E-state index is 0. The first-order valence-corrected chi connectivity index (χ1v) is 9.20. The molecule has 8 heteroatoms. The number of piperidine rings is 1. The summed E-state index contributed by atoms with van der Waals surface area (Å²) in [4.78, 5) is 19.1. The number of anilines is 1. The molecule has 2 atom stereocenters. The summed E-state index contributed by atoms with van der Waals surface area (Å²) >= 11 is 0. The van der Waals surface area contributed by atoms with Crippen molar-refractivity contribution in [1.29, 1.82) is 5.26 Å². The molecule has 28 heavy (non-hydrogen) atoms. The van der Waals surface area contributed by atoms with E-state index in [9.17, 15) is 10.1 Å². The van der Waals surface area contributed by atoms with Crippen molar-refractivity contribution in [3.05, 3.63) is 36.0 Å². The number of pyridine rings is 1. The highest BCUT2D eigenvalue weighted by Gasteiger charge is 2.43. The maximum atomic E-state index is 12.5. The quantitative estimate of drug-likeness (QED) is 0.809. The predicted octanol–water partition coefficient (Wildman–Crippen LogP) is 1.59. The lowest BCUT2D eigenvalue weighted by atomic mass is 9.92. The molecule has 0 spiro atoms. The summed E-state index contributed by atoms with van der Waals surface area (Å²) in [7, 11) is 0. The minimum Gasteiger partial charge on any atom is -0.376 e. The first-order chi connectivity index (χ1) is 13.0. The predicted molar refractivity (Wildman–Crippen MR) is 109 cm³/mol. The number of hydrogen-bond donors (Lipinski definition) is 2. The number of hydrogen-bond acceptors (Lipinski definition) is 6. The zero-order valence-electron chi connectivity index (χ0n) is 15.7. The van der Waals surface area contributed by atoms with Crippen molar-refractivity contribution in [3.63, 3.8) is 0 Å². The number of fused-ring (bicyclic) bond motifs is 1. The van der Waals surface area contributed by atoms with E-state index < -0.39 is 5.54 Å². The molecule has 2 aromatic rings. The van der Waals surface area contributed by atoms with Crippen LogP contribution >= 0.6 is 12.4 Å². The summed E-state index contributed by atoms with van der Waals surface area (Å²) < 4.78 is 5.10. The summed E-state index contributed by atoms with van der Waals surface area (Å²) in [6.07, 6.45) is 2.61. The molecule has 148 valence electrons. The van der Waals surface area contributed by atoms with Crippen LogP contribution in [0, 0.1) is 17.2 Å². The van der Waals surface area contributed by atoms with Gasteiger partial charge in [0.05, 0.1) is 24.3 Å². The van der Waals surface area contributed by atoms with Crippen molar-refractivity contribution >= 4 is 34.9 Å². The number of nitrogens with two attached hydrogens (primary N) is 1. The first-order valence-electron chi connectivity index (χ1n) is 9.20. The van der Waals surface area contributed by atoms with Gasteiger partial charge < -0.3 is 20.7 Å². The number of nitrogens with zero attached hydrogens (tertiary/aromatic N) is 3. The maximum absolute atomic E-state index is 12.5. The molecule has 1 amide bonds. The number of ether oxygens (including phenoxy) is 1. The van der Waals surface area contributed by atoms with Crippen molar-refractivity contribution in [1.82, 2.24) is 10.3 Å². The molecule has 3 heterocycles. The molecular weight excluding hydrogens is 378 g/mol. The monoisotopic (exact) mass is 401 g/mol. The van der Waals surface area contributed by atoms with E-state index in [2.05, 4.69) is 28.2 Å². The van der Waals surface area contributed by atoms with E-state index in [1.165, 1.54) is 0 Å². The van der Waals surface area contributed by atoms with E-state index in [0.717, 1.165) is 24.0 Å². The van der Waals surface area contributed by atoms with E-state index in [-0.39, 0.29) is 37.6 Å². The van der Waals surface area contributed by atoms with Gasteiger partial charge in [-0.3, -0.25) is 9.78 Å². The van der Waals surface area contributed by atoms with Gasteiger partial charge in [-0.1, -0.05) is 6.92 Å². The number of carbonyl (C=O) groups is 1. The number of rotatable bonds is 3. The summed E-state index contributed by atoms with van der Waals surface area (Å²) in [6, 6.07) is 9.90. The van der Waals surface area contributed by atoms with Gasteiger partial charge in [0.25, 0.3) is 0 Å². The lowest BCUT2D eigenvalue weighted by Crippen LogP contribution is -2.68. The van der Waals surface area contributed by atoms with Crippen LogP contribution in [0.3, 0.4) is 0 Å². The fourth-order valence-electron chi connectivity index (χ4n) is 3.96. The highest BCUT2D eigenvalue weighted by atomic mass is 35.5. The molecule has 7 nitrogen and oxygen atoms in total. The standard InChI is InChI=1S/C20H23N5O2.ClH/c1-13-7-15(24-19(26)20(22)11-27-12-20)10-25(9-13)17-5-4-14(8-21)18-16(17)3-2-6-23-18;/h2-6,13,15H,7,9-12,22H2,1H3,(H,24,26);1H/t13-,15+;/m0./s1. The fourth-order valence-corrected chi connectivity index (χ4v) is 3.96. The molecule has 0 saturated carbocycles. The van der Waals surface area contributed by atoms with Gasteiger partial charge in [0.15, 0.2) is 0 Å². The summed E-state index contributed by atoms with van der Waals surface area (Å²) in [5.41, 5.74) is 7.49. The van der Waals surface area contributed by atoms with Crippen LogP contribution in [0.2, 0.25) is 0 Å². The molecule has 1 aromatic carbocycles. The Morgan fingerprint density at radius 3 is 2.86 bits per heavy atom. The van der Waals surface area contributed by atoms with Crippen LogP contribution in [-0.2, 0) is 9.53 Å². The van der Waals surface area contributed by atoms with Crippen LogP contribution in [0.25, 0.3) is 10.9 Å². The van der Waals surface area contributed by atoms with Gasteiger partial charge in [-0.25, -0.2) is 0 Å². The number of amides is 1. The lowest BCUT2D eigenvalue weighted by molar-refractivity contribution is -0.144. The molecule has 2 saturated heterocycles. The molecule has 2 fully saturated rings. The van der Waals surface area contributed by atoms with Crippen LogP contribution in [0.15, 0.2) is 30.5 Å². The molecular formula is C20H24ClN5O2. The van der Waals surface area contributed by atoms with Gasteiger partial charge >= 0.3 is 0 Å². The molecule has 3 N–H and O–H groups in total. The second-order valence-corrected chi connectivity index (χ2v) is 7.71. The highest BCUT2D eigenvalue weighted by molar-refractivity contribution is 5.95. The Bertz CT molecular complexity index is 924. The van der Waals surface area contributed by atoms with E-state index in [1.807, 2.05) is 24.3 Å². The van der Waals surface area contributed by atoms with Crippen LogP contribution in [0.1, 0.15) is 18.9 Å². The van der Waals surface area contributed by atoms with Crippen LogP contribution < -0.4 is 16.0 Å². The van der Waals surface area contributed by atoms with Crippen LogP contribution in [0.5, 0.6) is 0 Å². The summed E-state index contributed by atoms with van der Waals surface area (Å²) in [5, 5.41) is 13.4. The van der Waals surface area contributed by atoms with Crippen LogP contribution in [-0.4, -0.2) is 48.8 Å². The van der Waals surface area contributed by atoms with Crippen molar-refractivity contribution < 1.29 is 9.53 Å². The van der Waals surface area contributed by atoms with E-state index in [0.29, 0.717) is 23.5 Å². The Labute approximate surface area is 170 Å². The number of aromatic nitrogens is 1. The zero-order valence-corrected chi connectivity index (χ0v) is 16.5. The van der Waals surface area contributed by atoms with Gasteiger partial charge in [-0.2, -0.15) is 5.26 Å². The van der Waals surface area contributed by atoms with Gasteiger partial charge in [-0.15, -0.1) is 12.4 Å². The molecule has 0 bridgehead atoms. The Balaban J connectivity index is 0.00000225. The van der Waals surface area contributed by atoms with Crippen molar-refractivity contribution in [3.8, 4) is 6.07 Å². The van der Waals surface area contributed by atoms with E-state index in [1.54, 1.807) is 6.20 Å². The largest absolute Gasteiger partial charge is 0.376 e. The van der Waals surface area contributed by atoms with Crippen molar-refractivity contribution in [2.24, 2.45) is 11.7 Å². The van der Waals surface area contributed by atoms with Crippen LogP contribution in [0.4, 0.5) is 5.69 Å². The highest BCUT2D eigenvalue weighted by Crippen LogP contribution is 2.31. The third-order valence-electron chi connectivity index (χ3n) is 5.37. The normalized spacial score (nSPS) is 23.2. The maximum Gasteiger partial charge on any atom is 0.245 e. The van der Waals surface area contributed by atoms with Crippen molar-refractivity contribution in [2.75, 3.05) is 31.2 Å². The Hall–Kier alpha value is -2.40. The number of nitriles is 1. The number of halogens is 1. The molecule has 0 unspecified atom stereocenters. The Morgan fingerprint density at radius 2 is 2.18 bits per heavy atom. The molecule has 4 rings (SSSR count). The third kappa shape index (κ3) is 3.63. The number of benzene rings is 1. The zero-order chi connectivity index (χ0) is 19.0. The Kier molecular flexibility index (Phi) is 5.75. The smallest absolute Gasteiger partial charge is 0.245 e. The van der Waals surface area contributed by atoms with E-state index >= 15 is 0 Å². The van der Waals surface area contributed by atoms with Gasteiger partial charge in [0.2, 0.25) is 5.91 Å². The molecule has 2 aliphatic heterocycles. The Morgan fingerprint density at radius 1 is 1.39 bits per heavy atom. The molecule has 2 aliphatic rings. The summed E-state index contributed by atoms with van der Waals surface area (Å²) in [5.74, 6) is 0.275. The average molecular weight is 402 g/mol. The van der Waals surface area contributed by atoms with Gasteiger partial charge in [-0.05, 0) is 36.6 Å². The van der Waals surface area contributed by atoms with E-state index in [4.69, 9.17) is 10.5 Å². The molecule has 1 aromatic heterocycles. The average Bonchev–Trinajstić information content (AvgIpc) is 2.64. The van der Waals surface area contributed by atoms with Crippen molar-refractivity contribution in [2.45, 2.75) is 24.9 Å². The first kappa shape index (κ1) is 20.3. The number of carbonyl (C=O) groups excluding carboxylic acids is 1. The van der Waals surface area contributed by atoms with Gasteiger partial charge in [0.1, 0.15) is 11.6 Å². The third-order valence-corrected chi connectivity index (χ3v) is 5.37. The SMILES string of the molecule is C[C@H]1C[C@@H](NC(=O)C2(N)COC2)CN(c2ccc(C#N)c3ncccc23)C1.Cl. The summed E-state index contributed by atoms with van der Waals surface area (Å²) in [6.45, 7) is 4.32. The lowest BCUT2D eigenvalue weighted by Gasteiger charge is -2.41.